The number of rotatable bonds is 4. The summed E-state index contributed by atoms with van der Waals surface area (Å²) in [5, 5.41) is 18.3. The van der Waals surface area contributed by atoms with Crippen molar-refractivity contribution in [2.75, 3.05) is 13.1 Å². The van der Waals surface area contributed by atoms with Crippen LogP contribution in [0.15, 0.2) is 0 Å². The van der Waals surface area contributed by atoms with Gasteiger partial charge < -0.3 is 15.1 Å². The van der Waals surface area contributed by atoms with Crippen molar-refractivity contribution in [1.82, 2.24) is 4.90 Å². The van der Waals surface area contributed by atoms with E-state index in [0.29, 0.717) is 19.5 Å². The molecule has 2 N–H and O–H groups in total. The lowest BCUT2D eigenvalue weighted by Crippen LogP contribution is -2.34. The number of carboxylic acid groups (broad SMARTS) is 1. The van der Waals surface area contributed by atoms with Crippen LogP contribution in [0.4, 0.5) is 0 Å². The summed E-state index contributed by atoms with van der Waals surface area (Å²) in [4.78, 5) is 23.8. The van der Waals surface area contributed by atoms with Gasteiger partial charge in [0.25, 0.3) is 0 Å². The lowest BCUT2D eigenvalue weighted by atomic mass is 10.0. The lowest BCUT2D eigenvalue weighted by molar-refractivity contribution is -0.138. The molecule has 92 valence electrons. The van der Waals surface area contributed by atoms with Gasteiger partial charge in [-0.3, -0.25) is 9.59 Å². The highest BCUT2D eigenvalue weighted by molar-refractivity contribution is 5.77. The Morgan fingerprint density at radius 2 is 2.06 bits per heavy atom. The smallest absolute Gasteiger partial charge is 0.303 e. The van der Waals surface area contributed by atoms with E-state index in [1.54, 1.807) is 18.7 Å². The maximum absolute atomic E-state index is 11.7. The summed E-state index contributed by atoms with van der Waals surface area (Å²) in [5.41, 5.74) is -0.786. The minimum Gasteiger partial charge on any atom is -0.481 e. The molecule has 0 aromatic heterocycles. The monoisotopic (exact) mass is 229 g/mol. The number of carboxylic acids is 1. The highest BCUT2D eigenvalue weighted by Crippen LogP contribution is 2.22. The van der Waals surface area contributed by atoms with E-state index in [1.807, 2.05) is 0 Å². The van der Waals surface area contributed by atoms with E-state index < -0.39 is 11.6 Å². The van der Waals surface area contributed by atoms with E-state index >= 15 is 0 Å². The van der Waals surface area contributed by atoms with E-state index in [9.17, 15) is 14.7 Å². The van der Waals surface area contributed by atoms with Gasteiger partial charge >= 0.3 is 5.97 Å². The van der Waals surface area contributed by atoms with Crippen LogP contribution >= 0.6 is 0 Å². The zero-order valence-electron chi connectivity index (χ0n) is 9.77. The average Bonchev–Trinajstić information content (AvgIpc) is 2.44. The highest BCUT2D eigenvalue weighted by atomic mass is 16.4. The quantitative estimate of drug-likeness (QED) is 0.734. The maximum Gasteiger partial charge on any atom is 0.303 e. The minimum absolute atomic E-state index is 0.00989. The number of carbonyl (C=O) groups excluding carboxylic acids is 1. The number of aliphatic hydroxyl groups is 1. The molecule has 0 bridgehead atoms. The van der Waals surface area contributed by atoms with Crippen LogP contribution in [0.5, 0.6) is 0 Å². The zero-order chi connectivity index (χ0) is 12.3. The molecule has 1 fully saturated rings. The van der Waals surface area contributed by atoms with Crippen LogP contribution in [0.25, 0.3) is 0 Å². The Bertz CT molecular complexity index is 288. The first kappa shape index (κ1) is 13.0. The van der Waals surface area contributed by atoms with Crippen molar-refractivity contribution in [3.8, 4) is 0 Å². The SMILES string of the molecule is CC(CC(=O)O)CC(=O)N1CCC(C)(O)C1. The van der Waals surface area contributed by atoms with Gasteiger partial charge in [0.1, 0.15) is 0 Å². The van der Waals surface area contributed by atoms with Crippen molar-refractivity contribution in [1.29, 1.82) is 0 Å². The number of β-amino-alcohol motifs (C(OH)–C–C–N with tert-alkyl or cyclic N) is 1. The molecule has 1 aliphatic heterocycles. The normalized spacial score (nSPS) is 26.8. The van der Waals surface area contributed by atoms with Crippen molar-refractivity contribution < 1.29 is 19.8 Å². The fourth-order valence-corrected chi connectivity index (χ4v) is 1.96. The lowest BCUT2D eigenvalue weighted by Gasteiger charge is -2.20. The van der Waals surface area contributed by atoms with Crippen LogP contribution in [0.1, 0.15) is 33.1 Å². The van der Waals surface area contributed by atoms with Gasteiger partial charge in [0, 0.05) is 25.9 Å². The van der Waals surface area contributed by atoms with Gasteiger partial charge in [-0.1, -0.05) is 6.92 Å². The van der Waals surface area contributed by atoms with Gasteiger partial charge in [-0.05, 0) is 19.3 Å². The molecule has 5 nitrogen and oxygen atoms in total. The second-order valence-electron chi connectivity index (χ2n) is 4.97. The minimum atomic E-state index is -0.881. The Hall–Kier alpha value is -1.10. The Morgan fingerprint density at radius 1 is 1.44 bits per heavy atom. The molecule has 2 atom stereocenters. The molecule has 1 rings (SSSR count). The third-order valence-electron chi connectivity index (χ3n) is 2.85. The maximum atomic E-state index is 11.7. The third-order valence-corrected chi connectivity index (χ3v) is 2.85. The topological polar surface area (TPSA) is 77.8 Å². The first-order valence-electron chi connectivity index (χ1n) is 5.52. The Labute approximate surface area is 95.1 Å². The first-order valence-corrected chi connectivity index (χ1v) is 5.52. The average molecular weight is 229 g/mol. The van der Waals surface area contributed by atoms with Gasteiger partial charge in [0.05, 0.1) is 5.60 Å². The Balaban J connectivity index is 2.39. The molecule has 16 heavy (non-hydrogen) atoms. The third kappa shape index (κ3) is 3.81. The highest BCUT2D eigenvalue weighted by Gasteiger charge is 2.34. The fraction of sp³-hybridized carbons (Fsp3) is 0.818. The van der Waals surface area contributed by atoms with Crippen LogP contribution in [-0.4, -0.2) is 45.7 Å². The molecule has 5 heteroatoms. The molecule has 0 saturated carbocycles. The van der Waals surface area contributed by atoms with Crippen LogP contribution in [0.3, 0.4) is 0 Å². The molecular formula is C11H19NO4. The van der Waals surface area contributed by atoms with Gasteiger partial charge in [-0.25, -0.2) is 0 Å². The van der Waals surface area contributed by atoms with Crippen molar-refractivity contribution in [2.45, 2.75) is 38.7 Å². The molecule has 0 aromatic carbocycles. The molecule has 0 aromatic rings. The molecule has 1 aliphatic rings. The number of amides is 1. The van der Waals surface area contributed by atoms with Gasteiger partial charge in [-0.15, -0.1) is 0 Å². The van der Waals surface area contributed by atoms with Gasteiger partial charge in [0.15, 0.2) is 0 Å². The number of hydrogen-bond acceptors (Lipinski definition) is 3. The summed E-state index contributed by atoms with van der Waals surface area (Å²) in [5.74, 6) is -1.10. The number of likely N-dealkylation sites (tertiary alicyclic amines) is 1. The summed E-state index contributed by atoms with van der Waals surface area (Å²) < 4.78 is 0. The largest absolute Gasteiger partial charge is 0.481 e. The first-order chi connectivity index (χ1) is 7.30. The Morgan fingerprint density at radius 3 is 2.50 bits per heavy atom. The summed E-state index contributed by atoms with van der Waals surface area (Å²) in [6, 6.07) is 0. The van der Waals surface area contributed by atoms with E-state index in [4.69, 9.17) is 5.11 Å². The van der Waals surface area contributed by atoms with Crippen LogP contribution < -0.4 is 0 Å². The zero-order valence-corrected chi connectivity index (χ0v) is 9.77. The van der Waals surface area contributed by atoms with Crippen LogP contribution in [0.2, 0.25) is 0 Å². The summed E-state index contributed by atoms with van der Waals surface area (Å²) in [6.45, 7) is 4.37. The van der Waals surface area contributed by atoms with Crippen molar-refractivity contribution >= 4 is 11.9 Å². The second-order valence-corrected chi connectivity index (χ2v) is 4.97. The molecule has 0 aliphatic carbocycles. The number of aliphatic carboxylic acids is 1. The van der Waals surface area contributed by atoms with E-state index in [2.05, 4.69) is 0 Å². The predicted molar refractivity (Wildman–Crippen MR) is 57.9 cm³/mol. The summed E-state index contributed by atoms with van der Waals surface area (Å²) >= 11 is 0. The van der Waals surface area contributed by atoms with Gasteiger partial charge in [-0.2, -0.15) is 0 Å². The van der Waals surface area contributed by atoms with Crippen LogP contribution in [-0.2, 0) is 9.59 Å². The molecule has 1 heterocycles. The van der Waals surface area contributed by atoms with Crippen molar-refractivity contribution in [3.05, 3.63) is 0 Å². The molecular weight excluding hydrogens is 210 g/mol. The second kappa shape index (κ2) is 4.82. The van der Waals surface area contributed by atoms with E-state index in [0.717, 1.165) is 0 Å². The van der Waals surface area contributed by atoms with E-state index in [1.165, 1.54) is 0 Å². The van der Waals surface area contributed by atoms with E-state index in [-0.39, 0.29) is 24.7 Å². The van der Waals surface area contributed by atoms with Crippen molar-refractivity contribution in [3.63, 3.8) is 0 Å². The molecule has 0 radical (unpaired) electrons. The number of nitrogens with zero attached hydrogens (tertiary/aromatic N) is 1. The molecule has 1 amide bonds. The molecule has 1 saturated heterocycles. The summed E-state index contributed by atoms with van der Waals surface area (Å²) in [6.07, 6.45) is 0.838. The molecule has 2 unspecified atom stereocenters. The fourth-order valence-electron chi connectivity index (χ4n) is 1.96. The standard InChI is InChI=1S/C11H19NO4/c1-8(6-10(14)15)5-9(13)12-4-3-11(2,16)7-12/h8,16H,3-7H2,1-2H3,(H,14,15). The Kier molecular flexibility index (Phi) is 3.91. The van der Waals surface area contributed by atoms with Gasteiger partial charge in [0.2, 0.25) is 5.91 Å². The summed E-state index contributed by atoms with van der Waals surface area (Å²) in [7, 11) is 0. The molecule has 0 spiro atoms. The number of hydrogen-bond donors (Lipinski definition) is 2. The predicted octanol–water partition coefficient (Wildman–Crippen LogP) is 0.471. The number of carbonyl (C=O) groups is 2. The van der Waals surface area contributed by atoms with Crippen LogP contribution in [0, 0.1) is 5.92 Å². The van der Waals surface area contributed by atoms with Crippen molar-refractivity contribution in [2.24, 2.45) is 5.92 Å².